The zero-order valence-corrected chi connectivity index (χ0v) is 13.5. The molecule has 0 saturated carbocycles. The number of methoxy groups -OCH3 is 1. The molecule has 23 heavy (non-hydrogen) atoms. The minimum absolute atomic E-state index is 0.0972. The Balaban J connectivity index is 1.90. The molecule has 126 valence electrons. The summed E-state index contributed by atoms with van der Waals surface area (Å²) in [4.78, 5) is 23.5. The predicted octanol–water partition coefficient (Wildman–Crippen LogP) is 2.28. The Morgan fingerprint density at radius 2 is 2.04 bits per heavy atom. The van der Waals surface area contributed by atoms with E-state index in [1.807, 2.05) is 6.92 Å². The van der Waals surface area contributed by atoms with Crippen molar-refractivity contribution in [2.75, 3.05) is 7.11 Å². The zero-order chi connectivity index (χ0) is 16.8. The molecule has 2 rings (SSSR count). The molecule has 3 unspecified atom stereocenters. The normalized spacial score (nSPS) is 21.7. The first kappa shape index (κ1) is 17.3. The van der Waals surface area contributed by atoms with Crippen molar-refractivity contribution in [1.82, 2.24) is 5.32 Å². The maximum atomic E-state index is 12.0. The van der Waals surface area contributed by atoms with E-state index in [0.717, 1.165) is 12.8 Å². The van der Waals surface area contributed by atoms with E-state index in [4.69, 9.17) is 9.47 Å². The summed E-state index contributed by atoms with van der Waals surface area (Å²) in [5, 5.41) is 11.9. The van der Waals surface area contributed by atoms with E-state index in [9.17, 15) is 14.7 Å². The first-order chi connectivity index (χ1) is 11.0. The van der Waals surface area contributed by atoms with Crippen LogP contribution in [0.1, 0.15) is 44.2 Å². The van der Waals surface area contributed by atoms with E-state index in [0.29, 0.717) is 17.7 Å². The smallest absolute Gasteiger partial charge is 0.330 e. The molecule has 1 aliphatic heterocycles. The lowest BCUT2D eigenvalue weighted by atomic mass is 10.1. The van der Waals surface area contributed by atoms with Crippen LogP contribution in [0.4, 0.5) is 0 Å². The summed E-state index contributed by atoms with van der Waals surface area (Å²) in [5.41, 5.74) is 0.511. The van der Waals surface area contributed by atoms with Gasteiger partial charge in [0.25, 0.3) is 0 Å². The van der Waals surface area contributed by atoms with Gasteiger partial charge in [0.05, 0.1) is 19.3 Å². The molecule has 3 atom stereocenters. The van der Waals surface area contributed by atoms with Gasteiger partial charge in [0.2, 0.25) is 5.91 Å². The van der Waals surface area contributed by atoms with Crippen molar-refractivity contribution in [3.8, 4) is 5.75 Å². The number of nitrogens with one attached hydrogen (secondary N) is 1. The van der Waals surface area contributed by atoms with E-state index in [2.05, 4.69) is 5.32 Å². The van der Waals surface area contributed by atoms with Crippen molar-refractivity contribution in [2.24, 2.45) is 0 Å². The number of carbonyl (C=O) groups is 2. The van der Waals surface area contributed by atoms with Gasteiger partial charge in [-0.3, -0.25) is 4.79 Å². The van der Waals surface area contributed by atoms with Crippen LogP contribution in [0.3, 0.4) is 0 Å². The van der Waals surface area contributed by atoms with Gasteiger partial charge in [-0.25, -0.2) is 4.79 Å². The maximum absolute atomic E-state index is 12.0. The van der Waals surface area contributed by atoms with Crippen LogP contribution in [0.2, 0.25) is 0 Å². The van der Waals surface area contributed by atoms with Crippen molar-refractivity contribution in [1.29, 1.82) is 0 Å². The number of rotatable bonds is 7. The molecule has 0 aromatic heterocycles. The molecule has 1 amide bonds. The average molecular weight is 321 g/mol. The second-order valence-electron chi connectivity index (χ2n) is 5.80. The largest absolute Gasteiger partial charge is 0.497 e. The Morgan fingerprint density at radius 3 is 2.57 bits per heavy atom. The number of amides is 1. The number of carbonyl (C=O) groups excluding carboxylic acids is 1. The molecule has 2 N–H and O–H groups in total. The summed E-state index contributed by atoms with van der Waals surface area (Å²) in [5.74, 6) is -0.734. The predicted molar refractivity (Wildman–Crippen MR) is 84.3 cm³/mol. The molecule has 1 aliphatic rings. The Hall–Kier alpha value is -2.08. The van der Waals surface area contributed by atoms with Gasteiger partial charge in [0.15, 0.2) is 6.04 Å². The van der Waals surface area contributed by atoms with Gasteiger partial charge < -0.3 is 19.9 Å². The van der Waals surface area contributed by atoms with E-state index < -0.39 is 12.0 Å². The molecule has 6 heteroatoms. The van der Waals surface area contributed by atoms with Gasteiger partial charge >= 0.3 is 5.97 Å². The van der Waals surface area contributed by atoms with Crippen molar-refractivity contribution in [3.05, 3.63) is 29.8 Å². The highest BCUT2D eigenvalue weighted by atomic mass is 16.5. The SMILES string of the molecule is COc1ccc(C(NC(=O)CCC2CCC(C)O2)C(=O)O)cc1. The van der Waals surface area contributed by atoms with Crippen LogP contribution >= 0.6 is 0 Å². The number of benzene rings is 1. The Bertz CT molecular complexity index is 542. The Labute approximate surface area is 135 Å². The maximum Gasteiger partial charge on any atom is 0.330 e. The highest BCUT2D eigenvalue weighted by molar-refractivity contribution is 5.84. The molecule has 1 saturated heterocycles. The highest BCUT2D eigenvalue weighted by Gasteiger charge is 2.25. The fourth-order valence-electron chi connectivity index (χ4n) is 2.71. The summed E-state index contributed by atoms with van der Waals surface area (Å²) in [6.45, 7) is 2.02. The minimum atomic E-state index is -1.09. The van der Waals surface area contributed by atoms with Crippen LogP contribution in [0.25, 0.3) is 0 Å². The lowest BCUT2D eigenvalue weighted by molar-refractivity contribution is -0.142. The van der Waals surface area contributed by atoms with Crippen molar-refractivity contribution in [2.45, 2.75) is 50.9 Å². The van der Waals surface area contributed by atoms with E-state index in [1.54, 1.807) is 24.3 Å². The summed E-state index contributed by atoms with van der Waals surface area (Å²) >= 11 is 0. The molecule has 0 bridgehead atoms. The molecule has 6 nitrogen and oxygen atoms in total. The lowest BCUT2D eigenvalue weighted by Crippen LogP contribution is -2.34. The third-order valence-corrected chi connectivity index (χ3v) is 4.01. The minimum Gasteiger partial charge on any atom is -0.497 e. The van der Waals surface area contributed by atoms with Gasteiger partial charge in [0.1, 0.15) is 5.75 Å². The molecule has 0 radical (unpaired) electrons. The monoisotopic (exact) mass is 321 g/mol. The molecule has 1 fully saturated rings. The molecule has 1 aromatic carbocycles. The van der Waals surface area contributed by atoms with Crippen molar-refractivity contribution < 1.29 is 24.2 Å². The summed E-state index contributed by atoms with van der Waals surface area (Å²) in [6.07, 6.45) is 3.18. The Kier molecular flexibility index (Phi) is 5.98. The number of hydrogen-bond donors (Lipinski definition) is 2. The topological polar surface area (TPSA) is 84.9 Å². The quantitative estimate of drug-likeness (QED) is 0.805. The van der Waals surface area contributed by atoms with Gasteiger partial charge in [-0.05, 0) is 43.9 Å². The second kappa shape index (κ2) is 7.97. The van der Waals surface area contributed by atoms with Crippen LogP contribution in [-0.2, 0) is 14.3 Å². The van der Waals surface area contributed by atoms with E-state index in [1.165, 1.54) is 7.11 Å². The summed E-state index contributed by atoms with van der Waals surface area (Å²) in [6, 6.07) is 5.56. The van der Waals surface area contributed by atoms with Crippen molar-refractivity contribution in [3.63, 3.8) is 0 Å². The summed E-state index contributed by atoms with van der Waals surface area (Å²) in [7, 11) is 1.54. The van der Waals surface area contributed by atoms with Gasteiger partial charge in [-0.15, -0.1) is 0 Å². The number of carboxylic acids is 1. The molecule has 1 aromatic rings. The standard InChI is InChI=1S/C17H23NO5/c1-11-3-6-14(23-11)9-10-15(19)18-16(17(20)21)12-4-7-13(22-2)8-5-12/h4-5,7-8,11,14,16H,3,6,9-10H2,1-2H3,(H,18,19)(H,20,21). The van der Waals surface area contributed by atoms with Crippen LogP contribution in [0.15, 0.2) is 24.3 Å². The van der Waals surface area contributed by atoms with Crippen LogP contribution in [-0.4, -0.2) is 36.3 Å². The Morgan fingerprint density at radius 1 is 1.35 bits per heavy atom. The summed E-state index contributed by atoms with van der Waals surface area (Å²) < 4.78 is 10.7. The number of aliphatic carboxylic acids is 1. The van der Waals surface area contributed by atoms with Crippen LogP contribution in [0, 0.1) is 0 Å². The fourth-order valence-corrected chi connectivity index (χ4v) is 2.71. The third kappa shape index (κ3) is 4.96. The highest BCUT2D eigenvalue weighted by Crippen LogP contribution is 2.23. The van der Waals surface area contributed by atoms with Crippen LogP contribution in [0.5, 0.6) is 5.75 Å². The number of ether oxygens (including phenoxy) is 2. The van der Waals surface area contributed by atoms with Gasteiger partial charge in [-0.1, -0.05) is 12.1 Å². The molecular weight excluding hydrogens is 298 g/mol. The average Bonchev–Trinajstić information content (AvgIpc) is 2.96. The lowest BCUT2D eigenvalue weighted by Gasteiger charge is -2.16. The number of carboxylic acid groups (broad SMARTS) is 1. The first-order valence-electron chi connectivity index (χ1n) is 7.81. The van der Waals surface area contributed by atoms with E-state index >= 15 is 0 Å². The van der Waals surface area contributed by atoms with Crippen LogP contribution < -0.4 is 10.1 Å². The molecule has 0 aliphatic carbocycles. The second-order valence-corrected chi connectivity index (χ2v) is 5.80. The zero-order valence-electron chi connectivity index (χ0n) is 13.5. The fraction of sp³-hybridized carbons (Fsp3) is 0.529. The first-order valence-corrected chi connectivity index (χ1v) is 7.81. The molecular formula is C17H23NO5. The van der Waals surface area contributed by atoms with Gasteiger partial charge in [-0.2, -0.15) is 0 Å². The molecule has 1 heterocycles. The third-order valence-electron chi connectivity index (χ3n) is 4.01. The van der Waals surface area contributed by atoms with E-state index in [-0.39, 0.29) is 24.5 Å². The number of hydrogen-bond acceptors (Lipinski definition) is 4. The van der Waals surface area contributed by atoms with Crippen molar-refractivity contribution >= 4 is 11.9 Å². The van der Waals surface area contributed by atoms with Gasteiger partial charge in [0, 0.05) is 6.42 Å². The molecule has 0 spiro atoms.